The van der Waals surface area contributed by atoms with Crippen LogP contribution in [0.2, 0.25) is 0 Å². The first-order valence-electron chi connectivity index (χ1n) is 6.57. The lowest BCUT2D eigenvalue weighted by Crippen LogP contribution is -2.35. The van der Waals surface area contributed by atoms with Gasteiger partial charge in [-0.1, -0.05) is 12.8 Å². The normalized spacial score (nSPS) is 21.9. The molecule has 1 fully saturated rings. The fraction of sp³-hybridized carbons (Fsp3) is 0.500. The van der Waals surface area contributed by atoms with E-state index in [4.69, 9.17) is 5.73 Å². The second-order valence-electron chi connectivity index (χ2n) is 5.09. The summed E-state index contributed by atoms with van der Waals surface area (Å²) in [5.74, 6) is -0.134. The van der Waals surface area contributed by atoms with Crippen LogP contribution in [0.15, 0.2) is 22.7 Å². The molecular weight excluding hydrogens is 347 g/mol. The summed E-state index contributed by atoms with van der Waals surface area (Å²) >= 11 is 3.10. The van der Waals surface area contributed by atoms with Crippen molar-refractivity contribution in [3.63, 3.8) is 0 Å². The zero-order valence-corrected chi connectivity index (χ0v) is 13.5. The molecule has 0 radical (unpaired) electrons. The lowest BCUT2D eigenvalue weighted by atomic mass is 9.83. The Balaban J connectivity index is 0.00000200. The number of nitrogens with two attached hydrogens (primary N) is 1. The Hall–Kier alpha value is -0.650. The maximum absolute atomic E-state index is 13.1. The summed E-state index contributed by atoms with van der Waals surface area (Å²) in [5.41, 5.74) is 6.63. The third-order valence-electron chi connectivity index (χ3n) is 3.62. The van der Waals surface area contributed by atoms with Gasteiger partial charge in [0, 0.05) is 18.2 Å². The number of halogens is 3. The average Bonchev–Trinajstić information content (AvgIpc) is 2.37. The van der Waals surface area contributed by atoms with Crippen molar-refractivity contribution in [2.45, 2.75) is 38.1 Å². The van der Waals surface area contributed by atoms with E-state index in [1.54, 1.807) is 12.1 Å². The summed E-state index contributed by atoms with van der Waals surface area (Å²) in [6, 6.07) is 4.57. The molecule has 3 nitrogen and oxygen atoms in total. The molecule has 0 aliphatic heterocycles. The van der Waals surface area contributed by atoms with Crippen LogP contribution < -0.4 is 11.1 Å². The molecule has 3 N–H and O–H groups in total. The first-order valence-corrected chi connectivity index (χ1v) is 7.36. The van der Waals surface area contributed by atoms with Crippen LogP contribution in [0.1, 0.15) is 32.1 Å². The summed E-state index contributed by atoms with van der Waals surface area (Å²) in [6.45, 7) is 0. The number of amides is 1. The van der Waals surface area contributed by atoms with E-state index in [0.717, 1.165) is 25.7 Å². The largest absolute Gasteiger partial charge is 0.327 e. The van der Waals surface area contributed by atoms with Crippen molar-refractivity contribution >= 4 is 39.9 Å². The summed E-state index contributed by atoms with van der Waals surface area (Å²) in [4.78, 5) is 11.9. The fourth-order valence-corrected chi connectivity index (χ4v) is 2.89. The van der Waals surface area contributed by atoms with Gasteiger partial charge < -0.3 is 11.1 Å². The molecule has 2 rings (SSSR count). The molecule has 1 amide bonds. The van der Waals surface area contributed by atoms with Gasteiger partial charge in [-0.25, -0.2) is 4.39 Å². The van der Waals surface area contributed by atoms with Gasteiger partial charge in [-0.15, -0.1) is 12.4 Å². The first kappa shape index (κ1) is 17.4. The van der Waals surface area contributed by atoms with Crippen molar-refractivity contribution in [2.75, 3.05) is 5.32 Å². The zero-order chi connectivity index (χ0) is 13.8. The van der Waals surface area contributed by atoms with E-state index in [9.17, 15) is 9.18 Å². The van der Waals surface area contributed by atoms with Crippen LogP contribution >= 0.6 is 28.3 Å². The Labute approximate surface area is 133 Å². The van der Waals surface area contributed by atoms with Crippen LogP contribution in [0.25, 0.3) is 0 Å². The number of benzene rings is 1. The first-order chi connectivity index (χ1) is 9.06. The Morgan fingerprint density at radius 1 is 1.40 bits per heavy atom. The second kappa shape index (κ2) is 7.96. The standard InChI is InChI=1S/C14H18BrFN2O.ClH/c15-11-8-10(5-6-12(11)16)18-14(19)7-9-3-1-2-4-13(9)17;/h5-6,8-9,13H,1-4,7,17H2,(H,18,19);1H. The topological polar surface area (TPSA) is 55.1 Å². The smallest absolute Gasteiger partial charge is 0.224 e. The van der Waals surface area contributed by atoms with Gasteiger partial charge in [-0.3, -0.25) is 4.79 Å². The summed E-state index contributed by atoms with van der Waals surface area (Å²) in [5, 5.41) is 2.79. The van der Waals surface area contributed by atoms with Crippen LogP contribution in [-0.2, 0) is 4.79 Å². The SMILES string of the molecule is Cl.NC1CCCCC1CC(=O)Nc1ccc(F)c(Br)c1. The lowest BCUT2D eigenvalue weighted by Gasteiger charge is -2.27. The lowest BCUT2D eigenvalue weighted by molar-refractivity contribution is -0.117. The molecular formula is C14H19BrClFN2O. The van der Waals surface area contributed by atoms with Gasteiger partial charge in [0.05, 0.1) is 4.47 Å². The van der Waals surface area contributed by atoms with Crippen LogP contribution in [0.5, 0.6) is 0 Å². The van der Waals surface area contributed by atoms with E-state index < -0.39 is 0 Å². The van der Waals surface area contributed by atoms with E-state index in [2.05, 4.69) is 21.2 Å². The summed E-state index contributed by atoms with van der Waals surface area (Å²) in [6.07, 6.45) is 4.76. The highest BCUT2D eigenvalue weighted by molar-refractivity contribution is 9.10. The van der Waals surface area contributed by atoms with Gasteiger partial charge in [0.1, 0.15) is 5.82 Å². The van der Waals surface area contributed by atoms with Gasteiger partial charge in [-0.2, -0.15) is 0 Å². The molecule has 0 saturated heterocycles. The van der Waals surface area contributed by atoms with Crippen molar-refractivity contribution in [1.29, 1.82) is 0 Å². The van der Waals surface area contributed by atoms with Gasteiger partial charge in [0.25, 0.3) is 0 Å². The number of carbonyl (C=O) groups is 1. The highest BCUT2D eigenvalue weighted by atomic mass is 79.9. The van der Waals surface area contributed by atoms with Crippen LogP contribution in [-0.4, -0.2) is 11.9 Å². The van der Waals surface area contributed by atoms with Crippen LogP contribution in [0.3, 0.4) is 0 Å². The van der Waals surface area contributed by atoms with E-state index in [-0.39, 0.29) is 36.1 Å². The molecule has 0 aromatic heterocycles. The monoisotopic (exact) mass is 364 g/mol. The minimum atomic E-state index is -0.340. The predicted octanol–water partition coefficient (Wildman–Crippen LogP) is 3.86. The molecule has 1 aromatic carbocycles. The van der Waals surface area contributed by atoms with Gasteiger partial charge in [0.15, 0.2) is 0 Å². The molecule has 1 aliphatic carbocycles. The molecule has 20 heavy (non-hydrogen) atoms. The summed E-state index contributed by atoms with van der Waals surface area (Å²) < 4.78 is 13.4. The number of hydrogen-bond donors (Lipinski definition) is 2. The minimum absolute atomic E-state index is 0. The Morgan fingerprint density at radius 3 is 2.75 bits per heavy atom. The third kappa shape index (κ3) is 4.72. The molecule has 1 aliphatic rings. The quantitative estimate of drug-likeness (QED) is 0.854. The highest BCUT2D eigenvalue weighted by Gasteiger charge is 2.24. The molecule has 112 valence electrons. The Kier molecular flexibility index (Phi) is 6.92. The fourth-order valence-electron chi connectivity index (χ4n) is 2.51. The zero-order valence-electron chi connectivity index (χ0n) is 11.1. The Bertz CT molecular complexity index is 472. The van der Waals surface area contributed by atoms with Crippen molar-refractivity contribution in [3.05, 3.63) is 28.5 Å². The van der Waals surface area contributed by atoms with E-state index >= 15 is 0 Å². The minimum Gasteiger partial charge on any atom is -0.327 e. The average molecular weight is 366 g/mol. The van der Waals surface area contributed by atoms with Crippen LogP contribution in [0.4, 0.5) is 10.1 Å². The van der Waals surface area contributed by atoms with Gasteiger partial charge >= 0.3 is 0 Å². The second-order valence-corrected chi connectivity index (χ2v) is 5.94. The number of anilines is 1. The molecule has 1 saturated carbocycles. The number of hydrogen-bond acceptors (Lipinski definition) is 2. The van der Waals surface area contributed by atoms with Crippen molar-refractivity contribution < 1.29 is 9.18 Å². The number of carbonyl (C=O) groups excluding carboxylic acids is 1. The number of nitrogens with one attached hydrogen (secondary N) is 1. The molecule has 2 unspecified atom stereocenters. The van der Waals surface area contributed by atoms with Crippen molar-refractivity contribution in [3.8, 4) is 0 Å². The van der Waals surface area contributed by atoms with E-state index in [1.165, 1.54) is 6.07 Å². The molecule has 0 bridgehead atoms. The van der Waals surface area contributed by atoms with E-state index in [1.807, 2.05) is 0 Å². The molecule has 0 heterocycles. The maximum Gasteiger partial charge on any atom is 0.224 e. The molecule has 2 atom stereocenters. The maximum atomic E-state index is 13.1. The molecule has 6 heteroatoms. The number of rotatable bonds is 3. The van der Waals surface area contributed by atoms with Crippen molar-refractivity contribution in [2.24, 2.45) is 11.7 Å². The summed E-state index contributed by atoms with van der Waals surface area (Å²) in [7, 11) is 0. The molecule has 1 aromatic rings. The van der Waals surface area contributed by atoms with E-state index in [0.29, 0.717) is 16.6 Å². The van der Waals surface area contributed by atoms with Gasteiger partial charge in [-0.05, 0) is 52.9 Å². The highest BCUT2D eigenvalue weighted by Crippen LogP contribution is 2.26. The van der Waals surface area contributed by atoms with Gasteiger partial charge in [0.2, 0.25) is 5.91 Å². The Morgan fingerprint density at radius 2 is 2.10 bits per heavy atom. The third-order valence-corrected chi connectivity index (χ3v) is 4.23. The predicted molar refractivity (Wildman–Crippen MR) is 84.5 cm³/mol. The van der Waals surface area contributed by atoms with Crippen molar-refractivity contribution in [1.82, 2.24) is 0 Å². The van der Waals surface area contributed by atoms with Crippen LogP contribution in [0, 0.1) is 11.7 Å². The molecule has 0 spiro atoms.